The van der Waals surface area contributed by atoms with Crippen molar-refractivity contribution in [3.8, 4) is 0 Å². The monoisotopic (exact) mass is 1040 g/mol. The lowest BCUT2D eigenvalue weighted by Crippen LogP contribution is -2.77. The molecule has 13 unspecified atom stereocenters. The van der Waals surface area contributed by atoms with Crippen LogP contribution in [0.2, 0.25) is 0 Å². The van der Waals surface area contributed by atoms with E-state index in [0.717, 1.165) is 5.57 Å². The second-order valence-electron chi connectivity index (χ2n) is 23.9. The number of rotatable bonds is 14. The van der Waals surface area contributed by atoms with Crippen LogP contribution in [0.25, 0.3) is 0 Å². The van der Waals surface area contributed by atoms with Crippen LogP contribution in [-0.4, -0.2) is 171 Å². The largest absolute Gasteiger partial charge is 0.459 e. The summed E-state index contributed by atoms with van der Waals surface area (Å²) in [6.45, 7) is 18.7. The third-order valence-electron chi connectivity index (χ3n) is 19.8. The average molecular weight is 1040 g/mol. The van der Waals surface area contributed by atoms with Gasteiger partial charge in [0, 0.05) is 28.7 Å². The number of hydrogen-bond donors (Lipinski definition) is 8. The predicted molar refractivity (Wildman–Crippen MR) is 255 cm³/mol. The highest BCUT2D eigenvalue weighted by Crippen LogP contribution is 2.76. The summed E-state index contributed by atoms with van der Waals surface area (Å²) >= 11 is 0. The van der Waals surface area contributed by atoms with E-state index in [9.17, 15) is 60.0 Å². The van der Waals surface area contributed by atoms with Crippen molar-refractivity contribution >= 4 is 24.4 Å². The molecular formula is C53H82O20. The van der Waals surface area contributed by atoms with E-state index >= 15 is 0 Å². The van der Waals surface area contributed by atoms with Gasteiger partial charge in [0.05, 0.1) is 37.3 Å². The molecule has 0 aromatic rings. The van der Waals surface area contributed by atoms with Crippen LogP contribution < -0.4 is 0 Å². The Morgan fingerprint density at radius 2 is 1.48 bits per heavy atom. The number of esters is 3. The molecule has 73 heavy (non-hydrogen) atoms. The van der Waals surface area contributed by atoms with E-state index in [1.807, 2.05) is 34.6 Å². The Morgan fingerprint density at radius 3 is 2.08 bits per heavy atom. The lowest BCUT2D eigenvalue weighted by atomic mass is 9.32. The number of carbonyl (C=O) groups is 4. The fourth-order valence-electron chi connectivity index (χ4n) is 15.0. The summed E-state index contributed by atoms with van der Waals surface area (Å²) in [6.07, 6.45) is -14.5. The number of ether oxygens (including phenoxy) is 8. The Kier molecular flexibility index (Phi) is 16.6. The fraction of sp³-hybridized carbons (Fsp3) is 0.849. The fourth-order valence-corrected chi connectivity index (χ4v) is 15.0. The lowest BCUT2D eigenvalue weighted by Gasteiger charge is -2.73. The molecule has 2 heterocycles. The summed E-state index contributed by atoms with van der Waals surface area (Å²) in [6, 6.07) is 0. The summed E-state index contributed by atoms with van der Waals surface area (Å²) in [5.74, 6) is -3.62. The van der Waals surface area contributed by atoms with Gasteiger partial charge < -0.3 is 78.7 Å². The van der Waals surface area contributed by atoms with E-state index in [2.05, 4.69) is 19.9 Å². The van der Waals surface area contributed by atoms with Crippen molar-refractivity contribution < 1.29 is 97.9 Å². The molecule has 4 saturated carbocycles. The highest BCUT2D eigenvalue weighted by atomic mass is 16.8. The lowest BCUT2D eigenvalue weighted by molar-refractivity contribution is -0.384. The summed E-state index contributed by atoms with van der Waals surface area (Å²) in [5.41, 5.74) is -4.85. The minimum atomic E-state index is -1.82. The first-order valence-electron chi connectivity index (χ1n) is 26.0. The number of aliphatic hydroxyl groups excluding tert-OH is 8. The molecule has 0 aromatic heterocycles. The van der Waals surface area contributed by atoms with Gasteiger partial charge in [0.1, 0.15) is 54.9 Å². The maximum absolute atomic E-state index is 14.0. The number of allylic oxidation sites excluding steroid dienone is 2. The topological polar surface area (TPSA) is 304 Å². The smallest absolute Gasteiger partial charge is 0.333 e. The molecule has 2 aliphatic heterocycles. The molecule has 0 radical (unpaired) electrons. The van der Waals surface area contributed by atoms with Gasteiger partial charge in [-0.15, -0.1) is 0 Å². The van der Waals surface area contributed by atoms with Crippen LogP contribution >= 0.6 is 0 Å². The number of carbonyl (C=O) groups excluding carboxylic acids is 4. The van der Waals surface area contributed by atoms with Gasteiger partial charge in [-0.1, -0.05) is 73.1 Å². The molecule has 0 bridgehead atoms. The maximum atomic E-state index is 14.0. The molecule has 414 valence electrons. The van der Waals surface area contributed by atoms with Crippen LogP contribution in [0.5, 0.6) is 0 Å². The van der Waals surface area contributed by atoms with Gasteiger partial charge in [0.15, 0.2) is 18.7 Å². The van der Waals surface area contributed by atoms with E-state index in [4.69, 9.17) is 37.9 Å². The molecule has 20 heteroatoms. The van der Waals surface area contributed by atoms with Gasteiger partial charge in [0.2, 0.25) is 6.29 Å². The van der Waals surface area contributed by atoms with Gasteiger partial charge in [0.25, 0.3) is 6.47 Å². The molecule has 0 amide bonds. The van der Waals surface area contributed by atoms with Crippen molar-refractivity contribution in [2.24, 2.45) is 56.2 Å². The van der Waals surface area contributed by atoms with Crippen molar-refractivity contribution in [1.29, 1.82) is 0 Å². The molecule has 7 rings (SSSR count). The van der Waals surface area contributed by atoms with E-state index in [-0.39, 0.29) is 24.9 Å². The molecule has 20 nitrogen and oxygen atoms in total. The Bertz CT molecular complexity index is 2110. The minimum absolute atomic E-state index is 0.0391. The van der Waals surface area contributed by atoms with Crippen molar-refractivity contribution in [2.45, 2.75) is 207 Å². The molecule has 7 aliphatic rings. The second kappa shape index (κ2) is 21.0. The first-order chi connectivity index (χ1) is 34.1. The highest BCUT2D eigenvalue weighted by Gasteiger charge is 2.77. The third-order valence-corrected chi connectivity index (χ3v) is 19.8. The van der Waals surface area contributed by atoms with Crippen LogP contribution in [0.1, 0.15) is 121 Å². The zero-order valence-electron chi connectivity index (χ0n) is 44.2. The van der Waals surface area contributed by atoms with E-state index in [0.29, 0.717) is 50.5 Å². The van der Waals surface area contributed by atoms with E-state index in [1.54, 1.807) is 26.8 Å². The molecule has 8 N–H and O–H groups in total. The minimum Gasteiger partial charge on any atom is -0.459 e. The first kappa shape index (κ1) is 57.6. The number of hydrogen-bond acceptors (Lipinski definition) is 20. The Morgan fingerprint density at radius 1 is 0.808 bits per heavy atom. The normalized spacial score (nSPS) is 47.7. The van der Waals surface area contributed by atoms with Crippen LogP contribution in [0.15, 0.2) is 23.3 Å². The number of aliphatic hydroxyl groups is 8. The molecular weight excluding hydrogens is 957 g/mol. The average Bonchev–Trinajstić information content (AvgIpc) is 3.34. The first-order valence-corrected chi connectivity index (χ1v) is 26.0. The van der Waals surface area contributed by atoms with Crippen LogP contribution in [0.3, 0.4) is 0 Å². The van der Waals surface area contributed by atoms with Crippen molar-refractivity contribution in [3.05, 3.63) is 23.3 Å². The predicted octanol–water partition coefficient (Wildman–Crippen LogP) is 2.11. The number of fused-ring (bicyclic) bond motifs is 7. The molecule has 5 aliphatic carbocycles. The van der Waals surface area contributed by atoms with Crippen LogP contribution in [0.4, 0.5) is 0 Å². The van der Waals surface area contributed by atoms with E-state index < -0.39 is 161 Å². The molecule has 23 atom stereocenters. The van der Waals surface area contributed by atoms with Gasteiger partial charge in [-0.2, -0.15) is 0 Å². The zero-order chi connectivity index (χ0) is 54.1. The van der Waals surface area contributed by atoms with Crippen molar-refractivity contribution in [3.63, 3.8) is 0 Å². The van der Waals surface area contributed by atoms with E-state index in [1.165, 1.54) is 6.92 Å². The van der Waals surface area contributed by atoms with Crippen LogP contribution in [-0.2, 0) is 57.1 Å². The van der Waals surface area contributed by atoms with Crippen molar-refractivity contribution in [1.82, 2.24) is 0 Å². The Hall–Kier alpha value is -3.12. The molecule has 0 spiro atoms. The molecule has 6 fully saturated rings. The second-order valence-corrected chi connectivity index (χ2v) is 23.9. The van der Waals surface area contributed by atoms with Gasteiger partial charge in [-0.05, 0) is 87.4 Å². The highest BCUT2D eigenvalue weighted by molar-refractivity contribution is 5.87. The quantitative estimate of drug-likeness (QED) is 0.0309. The van der Waals surface area contributed by atoms with Gasteiger partial charge in [-0.25, -0.2) is 4.79 Å². The third kappa shape index (κ3) is 9.11. The summed E-state index contributed by atoms with van der Waals surface area (Å²) in [4.78, 5) is 52.7. The zero-order valence-corrected chi connectivity index (χ0v) is 44.2. The summed E-state index contributed by atoms with van der Waals surface area (Å²) in [5, 5.41) is 90.7. The Labute approximate surface area is 427 Å². The molecule has 2 saturated heterocycles. The van der Waals surface area contributed by atoms with Gasteiger partial charge >= 0.3 is 17.9 Å². The SMILES string of the molecule is C/C=C(/C)C(=O)O[C@H]1[C@H](OC(=O)C(C)CC)[C@]2(CO)[C@H](OC(C)=O)[C@H](O)[C@]3(C)C(=CCC4[C@@]5(C)CCC(OC6OC(OC=O)C(O)C(OC7OCC(O)C(O)C7O)C6O)[C@@](C)(CO)C5CC[C@]43C)[C@@H]2CC1(C)C. The summed E-state index contributed by atoms with van der Waals surface area (Å²) < 4.78 is 47.7. The standard InChI is InChI=1S/C53H82O20/c1-12-25(3)43(64)71-41-42(72-44(65)26(4)13-2)53(23-55)29(20-48(41,6)7)28-14-15-32-49(8)18-17-33(50(9,22-54)31(49)16-19-51(32,10)52(28,11)39(63)40(53)68-27(5)57)69-47-37(62)38(36(61)46(73-47)67-24-56)70-45-35(60)34(59)30(58)21-66-45/h12,14,24,26,29-42,45-47,54-55,58-63H,13,15-23H2,1-11H3/b25-12-/t26?,29-,30?,31?,32?,33?,34?,35?,36?,37?,38?,39-,40+,41-,42-,45?,46?,47?,49-,50-,51+,52-,53-/m0/s1. The Balaban J connectivity index is 1.25. The van der Waals surface area contributed by atoms with Crippen molar-refractivity contribution in [2.75, 3.05) is 19.8 Å². The van der Waals surface area contributed by atoms with Gasteiger partial charge in [-0.3, -0.25) is 14.4 Å². The van der Waals surface area contributed by atoms with Crippen LogP contribution in [0, 0.1) is 56.2 Å². The summed E-state index contributed by atoms with van der Waals surface area (Å²) in [7, 11) is 0. The molecule has 0 aromatic carbocycles. The maximum Gasteiger partial charge on any atom is 0.333 e.